The Labute approximate surface area is 215 Å². The van der Waals surface area contributed by atoms with Gasteiger partial charge in [-0.25, -0.2) is 0 Å². The summed E-state index contributed by atoms with van der Waals surface area (Å²) in [5.74, 6) is 2.05. The Hall–Kier alpha value is -1.89. The zero-order valence-corrected chi connectivity index (χ0v) is 22.7. The lowest BCUT2D eigenvalue weighted by molar-refractivity contribution is -0.119. The van der Waals surface area contributed by atoms with E-state index >= 15 is 0 Å². The first kappa shape index (κ1) is 28.3. The Balaban J connectivity index is 0.00000408. The van der Waals surface area contributed by atoms with E-state index in [0.29, 0.717) is 11.7 Å². The van der Waals surface area contributed by atoms with Crippen molar-refractivity contribution in [2.24, 2.45) is 0 Å². The third-order valence-electron chi connectivity index (χ3n) is 6.15. The second-order valence-electron chi connectivity index (χ2n) is 8.76. The number of para-hydroxylation sites is 1. The molecule has 1 saturated heterocycles. The molecule has 0 unspecified atom stereocenters. The van der Waals surface area contributed by atoms with Gasteiger partial charge in [0.25, 0.3) is 0 Å². The lowest BCUT2D eigenvalue weighted by Crippen LogP contribution is -2.47. The fourth-order valence-electron chi connectivity index (χ4n) is 4.47. The van der Waals surface area contributed by atoms with Gasteiger partial charge in [0.1, 0.15) is 11.5 Å². The van der Waals surface area contributed by atoms with Crippen LogP contribution >= 0.6 is 24.2 Å². The molecule has 0 saturated carbocycles. The Morgan fingerprint density at radius 3 is 2.29 bits per heavy atom. The van der Waals surface area contributed by atoms with Crippen molar-refractivity contribution >= 4 is 35.8 Å². The third kappa shape index (κ3) is 7.30. The van der Waals surface area contributed by atoms with Crippen molar-refractivity contribution in [3.8, 4) is 11.5 Å². The van der Waals surface area contributed by atoms with Gasteiger partial charge < -0.3 is 19.3 Å². The summed E-state index contributed by atoms with van der Waals surface area (Å²) in [5.41, 5.74) is 2.19. The number of likely N-dealkylation sites (tertiary alicyclic amines) is 1. The molecule has 0 bridgehead atoms. The van der Waals surface area contributed by atoms with Gasteiger partial charge in [-0.15, -0.1) is 24.2 Å². The number of nitrogens with zero attached hydrogens (tertiary/aromatic N) is 2. The van der Waals surface area contributed by atoms with Crippen LogP contribution in [0.5, 0.6) is 11.5 Å². The molecule has 1 fully saturated rings. The van der Waals surface area contributed by atoms with E-state index < -0.39 is 0 Å². The Morgan fingerprint density at radius 1 is 1.09 bits per heavy atom. The number of hydrogen-bond acceptors (Lipinski definition) is 5. The Bertz CT molecular complexity index is 902. The predicted octanol–water partition coefficient (Wildman–Crippen LogP) is 6.08. The zero-order chi connectivity index (χ0) is 23.8. The highest BCUT2D eigenvalue weighted by Crippen LogP contribution is 2.38. The molecule has 7 heteroatoms. The van der Waals surface area contributed by atoms with Crippen LogP contribution in [0.1, 0.15) is 45.6 Å². The average molecular weight is 507 g/mol. The molecule has 0 aliphatic carbocycles. The molecule has 5 nitrogen and oxygen atoms in total. The smallest absolute Gasteiger partial charge is 0.226 e. The molecule has 0 atom stereocenters. The minimum atomic E-state index is 0. The van der Waals surface area contributed by atoms with E-state index in [1.54, 1.807) is 26.0 Å². The van der Waals surface area contributed by atoms with E-state index in [0.717, 1.165) is 61.0 Å². The molecule has 1 heterocycles. The van der Waals surface area contributed by atoms with Crippen LogP contribution in [0.4, 0.5) is 5.69 Å². The van der Waals surface area contributed by atoms with Crippen LogP contribution in [0, 0.1) is 0 Å². The number of hydrogen-bond donors (Lipinski definition) is 0. The Morgan fingerprint density at radius 2 is 1.74 bits per heavy atom. The number of halogens is 1. The quantitative estimate of drug-likeness (QED) is 0.365. The highest BCUT2D eigenvalue weighted by atomic mass is 35.5. The molecule has 0 radical (unpaired) electrons. The molecule has 1 amide bonds. The molecule has 3 rings (SSSR count). The van der Waals surface area contributed by atoms with E-state index in [9.17, 15) is 4.79 Å². The van der Waals surface area contributed by atoms with Crippen molar-refractivity contribution in [3.05, 3.63) is 48.0 Å². The van der Waals surface area contributed by atoms with Gasteiger partial charge >= 0.3 is 0 Å². The van der Waals surface area contributed by atoms with E-state index in [-0.39, 0.29) is 24.4 Å². The van der Waals surface area contributed by atoms with Crippen LogP contribution in [0.3, 0.4) is 0 Å². The number of carbonyl (C=O) groups is 1. The molecular formula is C27H39ClN2O3S. The monoisotopic (exact) mass is 506 g/mol. The first-order valence-electron chi connectivity index (χ1n) is 12.0. The number of methoxy groups -OCH3 is 2. The number of amides is 1. The maximum Gasteiger partial charge on any atom is 0.226 e. The fraction of sp³-hybridized carbons (Fsp3) is 0.519. The highest BCUT2D eigenvalue weighted by Gasteiger charge is 2.28. The molecule has 1 aliphatic heterocycles. The van der Waals surface area contributed by atoms with Gasteiger partial charge in [-0.3, -0.25) is 4.79 Å². The van der Waals surface area contributed by atoms with Gasteiger partial charge in [0.15, 0.2) is 0 Å². The molecule has 2 aromatic carbocycles. The van der Waals surface area contributed by atoms with E-state index in [4.69, 9.17) is 9.47 Å². The van der Waals surface area contributed by atoms with Crippen molar-refractivity contribution < 1.29 is 14.3 Å². The van der Waals surface area contributed by atoms with Gasteiger partial charge in [-0.05, 0) is 49.1 Å². The molecular weight excluding hydrogens is 468 g/mol. The second kappa shape index (κ2) is 13.9. The predicted molar refractivity (Wildman–Crippen MR) is 145 cm³/mol. The molecule has 1 aliphatic rings. The van der Waals surface area contributed by atoms with Crippen LogP contribution in [0.25, 0.3) is 0 Å². The SMILES string of the molecule is CCC(=O)N(c1ccccc1)C1CCN(CCc2cc(OC)c(SC(C)C)cc2OC)CC1.Cl. The minimum absolute atomic E-state index is 0. The standard InChI is InChI=1S/C27H38N2O3S.ClH/c1-6-27(30)29(22-10-8-7-9-11-22)23-13-16-28(17-14-23)15-12-21-18-25(32-5)26(33-20(2)3)19-24(21)31-4;/h7-11,18-20,23H,6,12-17H2,1-5H3;1H. The number of ether oxygens (including phenoxy) is 2. The van der Waals surface area contributed by atoms with Crippen LogP contribution in [-0.4, -0.2) is 56.0 Å². The number of thioether (sulfide) groups is 1. The number of piperidine rings is 1. The summed E-state index contributed by atoms with van der Waals surface area (Å²) in [7, 11) is 3.47. The second-order valence-corrected chi connectivity index (χ2v) is 10.4. The van der Waals surface area contributed by atoms with Gasteiger partial charge in [-0.2, -0.15) is 0 Å². The summed E-state index contributed by atoms with van der Waals surface area (Å²) in [6.45, 7) is 9.26. The van der Waals surface area contributed by atoms with Crippen LogP contribution in [0.2, 0.25) is 0 Å². The minimum Gasteiger partial charge on any atom is -0.496 e. The maximum absolute atomic E-state index is 12.7. The summed E-state index contributed by atoms with van der Waals surface area (Å²) in [5, 5.41) is 0.478. The van der Waals surface area contributed by atoms with Crippen molar-refractivity contribution in [1.82, 2.24) is 4.90 Å². The maximum atomic E-state index is 12.7. The lowest BCUT2D eigenvalue weighted by Gasteiger charge is -2.38. The van der Waals surface area contributed by atoms with Crippen molar-refractivity contribution in [1.29, 1.82) is 0 Å². The zero-order valence-electron chi connectivity index (χ0n) is 21.1. The van der Waals surface area contributed by atoms with Crippen molar-refractivity contribution in [2.75, 3.05) is 38.8 Å². The van der Waals surface area contributed by atoms with Gasteiger partial charge in [0, 0.05) is 43.0 Å². The van der Waals surface area contributed by atoms with Crippen LogP contribution in [-0.2, 0) is 11.2 Å². The van der Waals surface area contributed by atoms with Gasteiger partial charge in [0.05, 0.1) is 19.1 Å². The molecule has 0 N–H and O–H groups in total. The summed E-state index contributed by atoms with van der Waals surface area (Å²) in [6, 6.07) is 14.6. The fourth-order valence-corrected chi connectivity index (χ4v) is 5.41. The molecule has 0 spiro atoms. The van der Waals surface area contributed by atoms with Crippen LogP contribution in [0.15, 0.2) is 47.4 Å². The highest BCUT2D eigenvalue weighted by molar-refractivity contribution is 8.00. The summed E-state index contributed by atoms with van der Waals surface area (Å²) in [6.07, 6.45) is 3.42. The molecule has 188 valence electrons. The van der Waals surface area contributed by atoms with E-state index in [1.807, 2.05) is 42.2 Å². The Kier molecular flexibility index (Phi) is 11.6. The average Bonchev–Trinajstić information content (AvgIpc) is 2.84. The van der Waals surface area contributed by atoms with E-state index in [1.165, 1.54) is 5.56 Å². The summed E-state index contributed by atoms with van der Waals surface area (Å²) >= 11 is 1.79. The summed E-state index contributed by atoms with van der Waals surface area (Å²) < 4.78 is 11.4. The number of benzene rings is 2. The molecule has 2 aromatic rings. The third-order valence-corrected chi connectivity index (χ3v) is 7.20. The first-order chi connectivity index (χ1) is 16.0. The lowest BCUT2D eigenvalue weighted by atomic mass is 10.0. The summed E-state index contributed by atoms with van der Waals surface area (Å²) in [4.78, 5) is 18.4. The number of anilines is 1. The van der Waals surface area contributed by atoms with Crippen LogP contribution < -0.4 is 14.4 Å². The van der Waals surface area contributed by atoms with Gasteiger partial charge in [-0.1, -0.05) is 39.0 Å². The molecule has 0 aromatic heterocycles. The number of carbonyl (C=O) groups excluding carboxylic acids is 1. The largest absolute Gasteiger partial charge is 0.496 e. The van der Waals surface area contributed by atoms with Crippen molar-refractivity contribution in [3.63, 3.8) is 0 Å². The number of rotatable bonds is 10. The van der Waals surface area contributed by atoms with E-state index in [2.05, 4.69) is 30.9 Å². The van der Waals surface area contributed by atoms with Crippen molar-refractivity contribution in [2.45, 2.75) is 62.6 Å². The first-order valence-corrected chi connectivity index (χ1v) is 12.9. The molecule has 34 heavy (non-hydrogen) atoms. The normalized spacial score (nSPS) is 14.5. The topological polar surface area (TPSA) is 42.0 Å². The van der Waals surface area contributed by atoms with Gasteiger partial charge in [0.2, 0.25) is 5.91 Å².